The highest BCUT2D eigenvalue weighted by Crippen LogP contribution is 2.42. The fourth-order valence-corrected chi connectivity index (χ4v) is 7.45. The molecule has 2 N–H and O–H groups in total. The molecule has 252 valence electrons. The van der Waals surface area contributed by atoms with Gasteiger partial charge in [0.05, 0.1) is 17.4 Å². The van der Waals surface area contributed by atoms with Gasteiger partial charge in [0, 0.05) is 63.8 Å². The summed E-state index contributed by atoms with van der Waals surface area (Å²) in [7, 11) is 3.35. The van der Waals surface area contributed by atoms with Gasteiger partial charge >= 0.3 is 0 Å². The molecule has 4 rings (SSSR count). The predicted octanol–water partition coefficient (Wildman–Crippen LogP) is 4.62. The van der Waals surface area contributed by atoms with E-state index in [1.807, 2.05) is 18.7 Å². The van der Waals surface area contributed by atoms with Gasteiger partial charge in [0.25, 0.3) is 0 Å². The highest BCUT2D eigenvalue weighted by Gasteiger charge is 2.52. The van der Waals surface area contributed by atoms with Gasteiger partial charge in [0.1, 0.15) is 17.7 Å². The highest BCUT2D eigenvalue weighted by atomic mass is 19.1. The van der Waals surface area contributed by atoms with Crippen molar-refractivity contribution in [3.8, 4) is 0 Å². The first kappa shape index (κ1) is 35.3. The number of hydrogen-bond acceptors (Lipinski definition) is 5. The molecule has 0 spiro atoms. The van der Waals surface area contributed by atoms with E-state index in [1.54, 1.807) is 19.0 Å². The second-order valence-electron chi connectivity index (χ2n) is 16.3. The number of carbonyl (C=O) groups excluding carboxylic acids is 3. The van der Waals surface area contributed by atoms with Gasteiger partial charge < -0.3 is 20.4 Å². The van der Waals surface area contributed by atoms with E-state index in [2.05, 4.69) is 39.5 Å². The number of amides is 3. The molecule has 1 aromatic carbocycles. The minimum absolute atomic E-state index is 0.00423. The molecule has 45 heavy (non-hydrogen) atoms. The smallest absolute Gasteiger partial charge is 0.244 e. The molecule has 4 atom stereocenters. The first-order valence-electron chi connectivity index (χ1n) is 16.5. The fraction of sp³-hybridized carbons (Fsp3) is 0.743. The van der Waals surface area contributed by atoms with Crippen molar-refractivity contribution in [3.05, 3.63) is 35.4 Å². The van der Waals surface area contributed by atoms with E-state index in [0.29, 0.717) is 25.1 Å². The van der Waals surface area contributed by atoms with Crippen LogP contribution in [0.4, 0.5) is 8.78 Å². The molecule has 1 unspecified atom stereocenters. The maximum Gasteiger partial charge on any atom is 0.244 e. The molecule has 3 amide bonds. The normalized spacial score (nSPS) is 26.3. The minimum Gasteiger partial charge on any atom is -0.347 e. The third-order valence-corrected chi connectivity index (χ3v) is 10.7. The lowest BCUT2D eigenvalue weighted by Crippen LogP contribution is -2.55. The van der Waals surface area contributed by atoms with Gasteiger partial charge in [-0.1, -0.05) is 19.9 Å². The Morgan fingerprint density at radius 2 is 1.60 bits per heavy atom. The molecule has 0 bridgehead atoms. The SMILES string of the molecule is CN(C)C(=O)[C@@H]1C[C@H](N(C(=O)C(C)(C)CN)C2CCC(C)(C)CC2)CN1C(=O)C1CN(C(C)(C)C)C[C@H]1c1ccc(F)cc1F. The number of likely N-dealkylation sites (tertiary alicyclic amines) is 2. The van der Waals surface area contributed by atoms with Crippen molar-refractivity contribution in [1.82, 2.24) is 19.6 Å². The summed E-state index contributed by atoms with van der Waals surface area (Å²) < 4.78 is 29.1. The van der Waals surface area contributed by atoms with E-state index >= 15 is 4.39 Å². The summed E-state index contributed by atoms with van der Waals surface area (Å²) in [6.45, 7) is 15.6. The number of rotatable bonds is 7. The van der Waals surface area contributed by atoms with E-state index in [9.17, 15) is 18.8 Å². The van der Waals surface area contributed by atoms with Gasteiger partial charge in [-0.3, -0.25) is 19.3 Å². The molecule has 10 heteroatoms. The Bertz CT molecular complexity index is 1270. The van der Waals surface area contributed by atoms with Gasteiger partial charge in [-0.25, -0.2) is 8.78 Å². The van der Waals surface area contributed by atoms with Crippen molar-refractivity contribution >= 4 is 17.7 Å². The van der Waals surface area contributed by atoms with E-state index in [-0.39, 0.29) is 53.8 Å². The molecule has 3 fully saturated rings. The largest absolute Gasteiger partial charge is 0.347 e. The summed E-state index contributed by atoms with van der Waals surface area (Å²) in [6, 6.07) is 2.43. The summed E-state index contributed by atoms with van der Waals surface area (Å²) in [5, 5.41) is 0. The zero-order chi connectivity index (χ0) is 33.6. The Morgan fingerprint density at radius 3 is 2.13 bits per heavy atom. The van der Waals surface area contributed by atoms with Crippen molar-refractivity contribution in [2.24, 2.45) is 22.5 Å². The number of nitrogens with two attached hydrogens (primary N) is 1. The topological polar surface area (TPSA) is 90.2 Å². The first-order chi connectivity index (χ1) is 20.8. The zero-order valence-corrected chi connectivity index (χ0v) is 28.8. The van der Waals surface area contributed by atoms with Crippen molar-refractivity contribution in [2.45, 2.75) is 110 Å². The van der Waals surface area contributed by atoms with Crippen molar-refractivity contribution in [1.29, 1.82) is 0 Å². The van der Waals surface area contributed by atoms with Crippen LogP contribution in [0.2, 0.25) is 0 Å². The van der Waals surface area contributed by atoms with Gasteiger partial charge in [-0.15, -0.1) is 0 Å². The van der Waals surface area contributed by atoms with E-state index in [1.165, 1.54) is 17.0 Å². The lowest BCUT2D eigenvalue weighted by Gasteiger charge is -2.45. The molecular formula is C35H55F2N5O3. The molecule has 0 radical (unpaired) electrons. The molecule has 0 aromatic heterocycles. The molecule has 1 saturated carbocycles. The molecule has 1 aliphatic carbocycles. The summed E-state index contributed by atoms with van der Waals surface area (Å²) in [5.41, 5.74) is 5.51. The quantitative estimate of drug-likeness (QED) is 0.475. The van der Waals surface area contributed by atoms with Gasteiger partial charge in [-0.2, -0.15) is 0 Å². The predicted molar refractivity (Wildman–Crippen MR) is 172 cm³/mol. The monoisotopic (exact) mass is 631 g/mol. The number of hydrogen-bond donors (Lipinski definition) is 1. The molecule has 8 nitrogen and oxygen atoms in total. The summed E-state index contributed by atoms with van der Waals surface area (Å²) in [5.74, 6) is -2.96. The second kappa shape index (κ2) is 12.9. The van der Waals surface area contributed by atoms with Gasteiger partial charge in [0.2, 0.25) is 17.7 Å². The maximum atomic E-state index is 15.2. The molecule has 3 aliphatic rings. The molecule has 2 aliphatic heterocycles. The standard InChI is InChI=1S/C35H55F2N5O3/c1-33(2,3)40-19-26(25-11-10-22(36)16-28(25)37)27(20-40)30(43)41-18-24(17-29(41)31(44)39(8)9)42(32(45)35(6,7)21-38)23-12-14-34(4,5)15-13-23/h10-11,16,23-24,26-27,29H,12-15,17-21,38H2,1-9H3/t24-,26-,27?,29-/m0/s1. The zero-order valence-electron chi connectivity index (χ0n) is 28.8. The number of carbonyl (C=O) groups is 3. The van der Waals surface area contributed by atoms with Crippen LogP contribution in [-0.4, -0.2) is 101 Å². The molecule has 1 aromatic rings. The van der Waals surface area contributed by atoms with E-state index < -0.39 is 34.9 Å². The summed E-state index contributed by atoms with van der Waals surface area (Å²) in [4.78, 5) is 49.9. The van der Waals surface area contributed by atoms with Gasteiger partial charge in [-0.05, 0) is 83.8 Å². The van der Waals surface area contributed by atoms with Crippen LogP contribution in [0, 0.1) is 28.4 Å². The maximum absolute atomic E-state index is 15.2. The number of likely N-dealkylation sites (N-methyl/N-ethyl adjacent to an activating group) is 1. The Hall–Kier alpha value is -2.59. The van der Waals surface area contributed by atoms with Crippen molar-refractivity contribution in [2.75, 3.05) is 40.3 Å². The molecule has 2 heterocycles. The Balaban J connectivity index is 1.72. The number of halogens is 2. The minimum atomic E-state index is -0.796. The summed E-state index contributed by atoms with van der Waals surface area (Å²) >= 11 is 0. The summed E-state index contributed by atoms with van der Waals surface area (Å²) in [6.07, 6.45) is 4.00. The Kier molecular flexibility index (Phi) is 10.1. The van der Waals surface area contributed by atoms with Crippen LogP contribution in [0.1, 0.15) is 92.1 Å². The fourth-order valence-electron chi connectivity index (χ4n) is 7.45. The van der Waals surface area contributed by atoms with Crippen LogP contribution in [0.3, 0.4) is 0 Å². The molecular weight excluding hydrogens is 576 g/mol. The third-order valence-electron chi connectivity index (χ3n) is 10.7. The highest BCUT2D eigenvalue weighted by molar-refractivity contribution is 5.90. The Morgan fingerprint density at radius 1 is 0.978 bits per heavy atom. The average molecular weight is 632 g/mol. The third kappa shape index (κ3) is 7.37. The Labute approximate surface area is 268 Å². The van der Waals surface area contributed by atoms with E-state index in [4.69, 9.17) is 5.73 Å². The van der Waals surface area contributed by atoms with Crippen LogP contribution >= 0.6 is 0 Å². The van der Waals surface area contributed by atoms with Crippen LogP contribution in [-0.2, 0) is 14.4 Å². The average Bonchev–Trinajstić information content (AvgIpc) is 3.59. The first-order valence-corrected chi connectivity index (χ1v) is 16.5. The lowest BCUT2D eigenvalue weighted by molar-refractivity contribution is -0.147. The van der Waals surface area contributed by atoms with Crippen LogP contribution in [0.25, 0.3) is 0 Å². The van der Waals surface area contributed by atoms with Crippen LogP contribution in [0.5, 0.6) is 0 Å². The number of nitrogens with zero attached hydrogens (tertiary/aromatic N) is 4. The van der Waals surface area contributed by atoms with Crippen molar-refractivity contribution < 1.29 is 23.2 Å². The van der Waals surface area contributed by atoms with Crippen LogP contribution in [0.15, 0.2) is 18.2 Å². The molecule has 2 saturated heterocycles. The number of benzene rings is 1. The van der Waals surface area contributed by atoms with E-state index in [0.717, 1.165) is 31.7 Å². The van der Waals surface area contributed by atoms with Crippen molar-refractivity contribution in [3.63, 3.8) is 0 Å². The van der Waals surface area contributed by atoms with Gasteiger partial charge in [0.15, 0.2) is 0 Å². The van der Waals surface area contributed by atoms with Crippen LogP contribution < -0.4 is 5.73 Å². The lowest BCUT2D eigenvalue weighted by atomic mass is 9.74. The second-order valence-corrected chi connectivity index (χ2v) is 16.3.